The summed E-state index contributed by atoms with van der Waals surface area (Å²) in [5.41, 5.74) is 2.06. The monoisotopic (exact) mass is 280 g/mol. The largest absolute Gasteiger partial charge is 0.294 e. The van der Waals surface area contributed by atoms with Gasteiger partial charge in [0.25, 0.3) is 0 Å². The Labute approximate surface area is 83.4 Å². The molecular formula is C6H9IN4O. The van der Waals surface area contributed by atoms with Crippen molar-refractivity contribution in [1.82, 2.24) is 15.2 Å². The van der Waals surface area contributed by atoms with Crippen molar-refractivity contribution in [1.29, 1.82) is 0 Å². The summed E-state index contributed by atoms with van der Waals surface area (Å²) in [5, 5.41) is 4.01. The molecule has 66 valence electrons. The van der Waals surface area contributed by atoms with E-state index in [1.807, 2.05) is 6.20 Å². The van der Waals surface area contributed by atoms with Crippen molar-refractivity contribution in [3.63, 3.8) is 0 Å². The summed E-state index contributed by atoms with van der Waals surface area (Å²) < 4.78 is 2.76. The number of aryl methyl sites for hydroxylation is 1. The summed E-state index contributed by atoms with van der Waals surface area (Å²) in [6.07, 6.45) is 3.96. The number of hydrogen-bond donors (Lipinski definition) is 2. The van der Waals surface area contributed by atoms with Gasteiger partial charge in [0.05, 0.1) is 9.77 Å². The quantitative estimate of drug-likeness (QED) is 0.350. The van der Waals surface area contributed by atoms with Crippen molar-refractivity contribution >= 4 is 28.5 Å². The molecule has 0 aliphatic rings. The van der Waals surface area contributed by atoms with Gasteiger partial charge in [0.1, 0.15) is 0 Å². The van der Waals surface area contributed by atoms with Crippen molar-refractivity contribution in [3.8, 4) is 0 Å². The maximum atomic E-state index is 10.7. The van der Waals surface area contributed by atoms with Gasteiger partial charge in [0, 0.05) is 19.2 Å². The number of rotatable bonds is 3. The summed E-state index contributed by atoms with van der Waals surface area (Å²) >= 11 is 2.16. The van der Waals surface area contributed by atoms with Gasteiger partial charge in [-0.15, -0.1) is 0 Å². The van der Waals surface area contributed by atoms with Gasteiger partial charge in [0.15, 0.2) is 0 Å². The third kappa shape index (κ3) is 2.78. The predicted molar refractivity (Wildman–Crippen MR) is 51.9 cm³/mol. The van der Waals surface area contributed by atoms with Gasteiger partial charge < -0.3 is 0 Å². The van der Waals surface area contributed by atoms with E-state index in [1.54, 1.807) is 10.9 Å². The van der Waals surface area contributed by atoms with Gasteiger partial charge in [-0.3, -0.25) is 14.9 Å². The number of nitrogens with one attached hydrogen (secondary N) is 1. The van der Waals surface area contributed by atoms with E-state index in [-0.39, 0.29) is 5.91 Å². The Balaban J connectivity index is 2.38. The van der Waals surface area contributed by atoms with Crippen LogP contribution in [0.2, 0.25) is 0 Å². The number of carbonyl (C=O) groups excluding carboxylic acids is 1. The van der Waals surface area contributed by atoms with Gasteiger partial charge in [-0.05, 0) is 22.6 Å². The van der Waals surface area contributed by atoms with Crippen LogP contribution in [0.5, 0.6) is 0 Å². The normalized spacial score (nSPS) is 9.83. The van der Waals surface area contributed by atoms with Crippen LogP contribution >= 0.6 is 22.6 Å². The Hall–Kier alpha value is -0.630. The van der Waals surface area contributed by atoms with Crippen molar-refractivity contribution in [2.24, 2.45) is 5.84 Å². The van der Waals surface area contributed by atoms with E-state index in [9.17, 15) is 4.79 Å². The van der Waals surface area contributed by atoms with Crippen molar-refractivity contribution in [2.45, 2.75) is 13.0 Å². The molecule has 1 amide bonds. The molecule has 0 fully saturated rings. The maximum Gasteiger partial charge on any atom is 0.235 e. The van der Waals surface area contributed by atoms with Crippen LogP contribution in [0.1, 0.15) is 6.42 Å². The maximum absolute atomic E-state index is 10.7. The summed E-state index contributed by atoms with van der Waals surface area (Å²) in [7, 11) is 0. The molecule has 1 heterocycles. The van der Waals surface area contributed by atoms with Crippen LogP contribution in [0.3, 0.4) is 0 Å². The van der Waals surface area contributed by atoms with Gasteiger partial charge in [0.2, 0.25) is 5.91 Å². The van der Waals surface area contributed by atoms with Gasteiger partial charge in [-0.2, -0.15) is 5.10 Å². The summed E-state index contributed by atoms with van der Waals surface area (Å²) in [6.45, 7) is 0.562. The average molecular weight is 280 g/mol. The van der Waals surface area contributed by atoms with Crippen molar-refractivity contribution in [2.75, 3.05) is 0 Å². The van der Waals surface area contributed by atoms with Crippen LogP contribution in [0.15, 0.2) is 12.4 Å². The summed E-state index contributed by atoms with van der Waals surface area (Å²) in [5.74, 6) is 4.73. The number of carbonyl (C=O) groups is 1. The number of aromatic nitrogens is 2. The highest BCUT2D eigenvalue weighted by molar-refractivity contribution is 14.1. The second-order valence-corrected chi connectivity index (χ2v) is 3.48. The molecule has 0 saturated heterocycles. The second kappa shape index (κ2) is 4.41. The van der Waals surface area contributed by atoms with E-state index in [0.717, 1.165) is 3.57 Å². The Kier molecular flexibility index (Phi) is 3.48. The minimum atomic E-state index is -0.180. The molecule has 0 atom stereocenters. The van der Waals surface area contributed by atoms with E-state index in [2.05, 4.69) is 33.1 Å². The molecule has 0 unspecified atom stereocenters. The molecule has 0 aliphatic heterocycles. The van der Waals surface area contributed by atoms with Gasteiger partial charge in [-0.25, -0.2) is 5.84 Å². The smallest absolute Gasteiger partial charge is 0.235 e. The van der Waals surface area contributed by atoms with Crippen molar-refractivity contribution < 1.29 is 4.79 Å². The molecule has 0 spiro atoms. The molecule has 0 bridgehead atoms. The Morgan fingerprint density at radius 1 is 1.83 bits per heavy atom. The summed E-state index contributed by atoms with van der Waals surface area (Å²) in [6, 6.07) is 0. The zero-order valence-corrected chi connectivity index (χ0v) is 8.48. The van der Waals surface area contributed by atoms with Crippen LogP contribution in [0, 0.1) is 3.57 Å². The molecule has 0 saturated carbocycles. The molecule has 0 aromatic carbocycles. The average Bonchev–Trinajstić information content (AvgIpc) is 2.47. The Morgan fingerprint density at radius 2 is 2.58 bits per heavy atom. The number of nitrogens with two attached hydrogens (primary N) is 1. The lowest BCUT2D eigenvalue weighted by molar-refractivity contribution is -0.121. The molecule has 12 heavy (non-hydrogen) atoms. The summed E-state index contributed by atoms with van der Waals surface area (Å²) in [4.78, 5) is 10.7. The lowest BCUT2D eigenvalue weighted by atomic mass is 10.4. The highest BCUT2D eigenvalue weighted by Crippen LogP contribution is 2.01. The van der Waals surface area contributed by atoms with E-state index in [4.69, 9.17) is 5.84 Å². The van der Waals surface area contributed by atoms with E-state index >= 15 is 0 Å². The first-order valence-corrected chi connectivity index (χ1v) is 4.47. The Bertz CT molecular complexity index is 272. The van der Waals surface area contributed by atoms with E-state index in [1.165, 1.54) is 0 Å². The highest BCUT2D eigenvalue weighted by atomic mass is 127. The number of halogens is 1. The number of hydrazine groups is 1. The first-order chi connectivity index (χ1) is 5.72. The molecule has 1 aromatic heterocycles. The molecule has 3 N–H and O–H groups in total. The zero-order valence-electron chi connectivity index (χ0n) is 6.33. The molecule has 6 heteroatoms. The van der Waals surface area contributed by atoms with Crippen LogP contribution in [0.25, 0.3) is 0 Å². The molecule has 1 aromatic rings. The molecule has 5 nitrogen and oxygen atoms in total. The lowest BCUT2D eigenvalue weighted by Gasteiger charge is -1.99. The van der Waals surface area contributed by atoms with Crippen LogP contribution < -0.4 is 11.3 Å². The fourth-order valence-corrected chi connectivity index (χ4v) is 1.19. The fourth-order valence-electron chi connectivity index (χ4n) is 0.749. The standard InChI is InChI=1S/C6H9IN4O/c7-5-3-9-11(4-5)2-1-6(12)10-8/h3-4H,1-2,8H2,(H,10,12). The number of nitrogens with zero attached hydrogens (tertiary/aromatic N) is 2. The first-order valence-electron chi connectivity index (χ1n) is 3.40. The van der Waals surface area contributed by atoms with Gasteiger partial charge in [-0.1, -0.05) is 0 Å². The first kappa shape index (κ1) is 9.46. The number of amides is 1. The lowest BCUT2D eigenvalue weighted by Crippen LogP contribution is -2.30. The second-order valence-electron chi connectivity index (χ2n) is 2.24. The van der Waals surface area contributed by atoms with Crippen LogP contribution in [-0.4, -0.2) is 15.7 Å². The third-order valence-corrected chi connectivity index (χ3v) is 1.89. The van der Waals surface area contributed by atoms with Gasteiger partial charge >= 0.3 is 0 Å². The van der Waals surface area contributed by atoms with Crippen LogP contribution in [0.4, 0.5) is 0 Å². The third-order valence-electron chi connectivity index (χ3n) is 1.33. The predicted octanol–water partition coefficient (Wildman–Crippen LogP) is -0.132. The minimum Gasteiger partial charge on any atom is -0.294 e. The van der Waals surface area contributed by atoms with E-state index < -0.39 is 0 Å². The fraction of sp³-hybridized carbons (Fsp3) is 0.333. The number of hydrogen-bond acceptors (Lipinski definition) is 3. The molecular weight excluding hydrogens is 271 g/mol. The molecule has 0 radical (unpaired) electrons. The van der Waals surface area contributed by atoms with Crippen LogP contribution in [-0.2, 0) is 11.3 Å². The van der Waals surface area contributed by atoms with E-state index in [0.29, 0.717) is 13.0 Å². The topological polar surface area (TPSA) is 72.9 Å². The SMILES string of the molecule is NNC(=O)CCn1cc(I)cn1. The Morgan fingerprint density at radius 3 is 3.08 bits per heavy atom. The minimum absolute atomic E-state index is 0.180. The zero-order chi connectivity index (χ0) is 8.97. The molecule has 1 rings (SSSR count). The highest BCUT2D eigenvalue weighted by Gasteiger charge is 1.99. The van der Waals surface area contributed by atoms with Crippen molar-refractivity contribution in [3.05, 3.63) is 16.0 Å². The molecule has 0 aliphatic carbocycles.